The smallest absolute Gasteiger partial charge is 0.300 e. The molecule has 2 N–H and O–H groups in total. The number of benzene rings is 3. The van der Waals surface area contributed by atoms with Crippen LogP contribution in [-0.2, 0) is 9.59 Å². The normalized spacial score (nSPS) is 17.3. The summed E-state index contributed by atoms with van der Waals surface area (Å²) in [5.74, 6) is -0.832. The highest BCUT2D eigenvalue weighted by Crippen LogP contribution is 2.43. The van der Waals surface area contributed by atoms with E-state index in [0.717, 1.165) is 11.1 Å². The number of aromatic hydroxyl groups is 1. The summed E-state index contributed by atoms with van der Waals surface area (Å²) in [4.78, 5) is 28.0. The van der Waals surface area contributed by atoms with Crippen molar-refractivity contribution in [3.8, 4) is 11.5 Å². The van der Waals surface area contributed by atoms with E-state index in [2.05, 4.69) is 0 Å². The Balaban J connectivity index is 1.92. The van der Waals surface area contributed by atoms with E-state index in [1.165, 1.54) is 17.0 Å². The lowest BCUT2D eigenvalue weighted by molar-refractivity contribution is -0.132. The first-order valence-corrected chi connectivity index (χ1v) is 11.7. The highest BCUT2D eigenvalue weighted by molar-refractivity contribution is 6.51. The number of carbonyl (C=O) groups is 2. The molecule has 1 fully saturated rings. The van der Waals surface area contributed by atoms with Crippen LogP contribution >= 0.6 is 0 Å². The summed E-state index contributed by atoms with van der Waals surface area (Å²) in [7, 11) is 0. The highest BCUT2D eigenvalue weighted by Gasteiger charge is 2.47. The Hall–Kier alpha value is -4.06. The third-order valence-corrected chi connectivity index (χ3v) is 6.17. The molecule has 0 aromatic heterocycles. The third-order valence-electron chi connectivity index (χ3n) is 6.17. The Bertz CT molecular complexity index is 1290. The molecule has 1 saturated heterocycles. The molecule has 6 heteroatoms. The number of carbonyl (C=O) groups excluding carboxylic acids is 2. The van der Waals surface area contributed by atoms with E-state index in [1.807, 2.05) is 39.8 Å². The molecule has 3 aromatic rings. The van der Waals surface area contributed by atoms with E-state index in [1.54, 1.807) is 42.5 Å². The molecule has 0 bridgehead atoms. The van der Waals surface area contributed by atoms with Gasteiger partial charge in [-0.15, -0.1) is 0 Å². The number of aliphatic hydroxyl groups excluding tert-OH is 1. The number of hydrogen-bond donors (Lipinski definition) is 2. The van der Waals surface area contributed by atoms with Crippen molar-refractivity contribution in [2.75, 3.05) is 11.5 Å². The lowest BCUT2D eigenvalue weighted by atomic mass is 9.93. The van der Waals surface area contributed by atoms with Gasteiger partial charge in [-0.25, -0.2) is 0 Å². The number of rotatable bonds is 6. The molecular formula is C29H29NO5. The summed E-state index contributed by atoms with van der Waals surface area (Å²) in [6.07, 6.45) is 0. The van der Waals surface area contributed by atoms with Crippen molar-refractivity contribution >= 4 is 23.1 Å². The summed E-state index contributed by atoms with van der Waals surface area (Å²) in [5, 5.41) is 21.2. The fraction of sp³-hybridized carbons (Fsp3) is 0.241. The maximum absolute atomic E-state index is 13.3. The summed E-state index contributed by atoms with van der Waals surface area (Å²) < 4.78 is 5.73. The molecular weight excluding hydrogens is 442 g/mol. The number of amides is 1. The molecule has 1 heterocycles. The van der Waals surface area contributed by atoms with Crippen LogP contribution in [0.15, 0.2) is 72.3 Å². The number of anilines is 1. The number of ether oxygens (including phenoxy) is 1. The predicted molar refractivity (Wildman–Crippen MR) is 136 cm³/mol. The second kappa shape index (κ2) is 9.66. The summed E-state index contributed by atoms with van der Waals surface area (Å²) >= 11 is 0. The van der Waals surface area contributed by atoms with Crippen molar-refractivity contribution in [3.63, 3.8) is 0 Å². The van der Waals surface area contributed by atoms with Gasteiger partial charge in [0.2, 0.25) is 0 Å². The van der Waals surface area contributed by atoms with Gasteiger partial charge < -0.3 is 14.9 Å². The Morgan fingerprint density at radius 3 is 2.26 bits per heavy atom. The van der Waals surface area contributed by atoms with Gasteiger partial charge in [-0.05, 0) is 73.4 Å². The number of aryl methyl sites for hydroxylation is 1. The van der Waals surface area contributed by atoms with Gasteiger partial charge in [-0.1, -0.05) is 43.7 Å². The minimum absolute atomic E-state index is 0.000121. The van der Waals surface area contributed by atoms with Crippen molar-refractivity contribution in [2.24, 2.45) is 0 Å². The third kappa shape index (κ3) is 4.52. The molecule has 0 aliphatic carbocycles. The average Bonchev–Trinajstić information content (AvgIpc) is 3.10. The lowest BCUT2D eigenvalue weighted by Crippen LogP contribution is -2.29. The fourth-order valence-corrected chi connectivity index (χ4v) is 4.37. The predicted octanol–water partition coefficient (Wildman–Crippen LogP) is 5.85. The van der Waals surface area contributed by atoms with Crippen molar-refractivity contribution < 1.29 is 24.5 Å². The van der Waals surface area contributed by atoms with E-state index in [0.29, 0.717) is 29.2 Å². The largest absolute Gasteiger partial charge is 0.508 e. The molecule has 0 saturated carbocycles. The van der Waals surface area contributed by atoms with E-state index >= 15 is 0 Å². The maximum Gasteiger partial charge on any atom is 0.300 e. The van der Waals surface area contributed by atoms with E-state index in [9.17, 15) is 19.8 Å². The molecule has 4 rings (SSSR count). The van der Waals surface area contributed by atoms with Gasteiger partial charge in [-0.2, -0.15) is 0 Å². The SMILES string of the molecule is CCOc1ccc(/C(O)=C2/C(=O)C(=O)N(c3ccc(C)cc3)C2c2ccc(O)cc2)cc1C(C)C. The van der Waals surface area contributed by atoms with E-state index < -0.39 is 17.7 Å². The number of aliphatic hydroxyl groups is 1. The standard InChI is InChI=1S/C29H29NO5/c1-5-35-24-15-10-20(16-23(24)17(2)3)27(32)25-26(19-8-13-22(31)14-9-19)30(29(34)28(25)33)21-11-6-18(4)7-12-21/h6-17,26,31-32H,5H2,1-4H3/b27-25-. The summed E-state index contributed by atoms with van der Waals surface area (Å²) in [6, 6.07) is 18.0. The van der Waals surface area contributed by atoms with Crippen molar-refractivity contribution in [3.05, 3.63) is 94.6 Å². The van der Waals surface area contributed by atoms with Gasteiger partial charge in [0.15, 0.2) is 0 Å². The molecule has 180 valence electrons. The summed E-state index contributed by atoms with van der Waals surface area (Å²) in [5.41, 5.74) is 3.48. The minimum Gasteiger partial charge on any atom is -0.508 e. The molecule has 35 heavy (non-hydrogen) atoms. The van der Waals surface area contributed by atoms with Crippen LogP contribution in [0, 0.1) is 6.92 Å². The first kappa shape index (κ1) is 24.1. The Morgan fingerprint density at radius 1 is 1.00 bits per heavy atom. The van der Waals surface area contributed by atoms with Crippen LogP contribution in [0.25, 0.3) is 5.76 Å². The minimum atomic E-state index is -0.854. The molecule has 0 radical (unpaired) electrons. The van der Waals surface area contributed by atoms with E-state index in [4.69, 9.17) is 4.74 Å². The molecule has 3 aromatic carbocycles. The van der Waals surface area contributed by atoms with Crippen LogP contribution in [-0.4, -0.2) is 28.5 Å². The number of phenols is 1. The van der Waals surface area contributed by atoms with Gasteiger partial charge in [0, 0.05) is 11.3 Å². The quantitative estimate of drug-likeness (QED) is 0.268. The number of Topliss-reactive ketones (excluding diaryl/α,β-unsaturated/α-hetero) is 1. The monoisotopic (exact) mass is 471 g/mol. The van der Waals surface area contributed by atoms with Crippen LogP contribution in [0.5, 0.6) is 11.5 Å². The lowest BCUT2D eigenvalue weighted by Gasteiger charge is -2.25. The zero-order valence-corrected chi connectivity index (χ0v) is 20.3. The number of nitrogens with zero attached hydrogens (tertiary/aromatic N) is 1. The summed E-state index contributed by atoms with van der Waals surface area (Å²) in [6.45, 7) is 8.40. The first-order valence-electron chi connectivity index (χ1n) is 11.7. The molecule has 1 amide bonds. The van der Waals surface area contributed by atoms with Crippen molar-refractivity contribution in [1.29, 1.82) is 0 Å². The molecule has 1 atom stereocenters. The van der Waals surface area contributed by atoms with Crippen LogP contribution < -0.4 is 9.64 Å². The Labute approximate surface area is 205 Å². The zero-order valence-electron chi connectivity index (χ0n) is 20.3. The van der Waals surface area contributed by atoms with Gasteiger partial charge in [0.1, 0.15) is 17.3 Å². The van der Waals surface area contributed by atoms with Crippen molar-refractivity contribution in [2.45, 2.75) is 39.7 Å². The molecule has 6 nitrogen and oxygen atoms in total. The van der Waals surface area contributed by atoms with Gasteiger partial charge in [0.25, 0.3) is 11.7 Å². The number of hydrogen-bond acceptors (Lipinski definition) is 5. The van der Waals surface area contributed by atoms with Crippen molar-refractivity contribution in [1.82, 2.24) is 0 Å². The van der Waals surface area contributed by atoms with Gasteiger partial charge in [0.05, 0.1) is 18.2 Å². The molecule has 1 aliphatic rings. The molecule has 1 aliphatic heterocycles. The zero-order chi connectivity index (χ0) is 25.3. The van der Waals surface area contributed by atoms with E-state index in [-0.39, 0.29) is 23.0 Å². The maximum atomic E-state index is 13.3. The fourth-order valence-electron chi connectivity index (χ4n) is 4.37. The molecule has 0 spiro atoms. The Kier molecular flexibility index (Phi) is 6.65. The number of phenolic OH excluding ortho intramolecular Hbond substituents is 1. The van der Waals surface area contributed by atoms with Gasteiger partial charge >= 0.3 is 0 Å². The number of ketones is 1. The highest BCUT2D eigenvalue weighted by atomic mass is 16.5. The van der Waals surface area contributed by atoms with Gasteiger partial charge in [-0.3, -0.25) is 14.5 Å². The van der Waals surface area contributed by atoms with Crippen LogP contribution in [0.2, 0.25) is 0 Å². The van der Waals surface area contributed by atoms with Crippen LogP contribution in [0.1, 0.15) is 55.0 Å². The average molecular weight is 472 g/mol. The first-order chi connectivity index (χ1) is 16.7. The van der Waals surface area contributed by atoms with Crippen LogP contribution in [0.3, 0.4) is 0 Å². The molecule has 1 unspecified atom stereocenters. The Morgan fingerprint density at radius 2 is 1.66 bits per heavy atom. The topological polar surface area (TPSA) is 87.1 Å². The van der Waals surface area contributed by atoms with Crippen LogP contribution in [0.4, 0.5) is 5.69 Å². The second-order valence-electron chi connectivity index (χ2n) is 8.94. The second-order valence-corrected chi connectivity index (χ2v) is 8.94.